The van der Waals surface area contributed by atoms with Gasteiger partial charge in [-0.05, 0) is 17.7 Å². The number of hydrogen-bond acceptors (Lipinski definition) is 3. The van der Waals surface area contributed by atoms with E-state index in [4.69, 9.17) is 11.6 Å². The summed E-state index contributed by atoms with van der Waals surface area (Å²) >= 11 is 7.46. The van der Waals surface area contributed by atoms with Crippen LogP contribution in [0.4, 0.5) is 0 Å². The summed E-state index contributed by atoms with van der Waals surface area (Å²) in [7, 11) is 0. The van der Waals surface area contributed by atoms with Crippen LogP contribution in [0.1, 0.15) is 10.6 Å². The quantitative estimate of drug-likeness (QED) is 0.886. The van der Waals surface area contributed by atoms with Crippen LogP contribution in [0.3, 0.4) is 0 Å². The highest BCUT2D eigenvalue weighted by Gasteiger charge is 1.95. The minimum atomic E-state index is 0.777. The highest BCUT2D eigenvalue weighted by atomic mass is 35.5. The molecule has 0 aliphatic rings. The molecule has 0 aliphatic carbocycles. The molecule has 0 unspecified atom stereocenters. The maximum atomic E-state index is 5.80. The van der Waals surface area contributed by atoms with Gasteiger partial charge in [-0.2, -0.15) is 0 Å². The number of benzene rings is 1. The molecule has 2 rings (SSSR count). The van der Waals surface area contributed by atoms with E-state index in [0.717, 1.165) is 23.1 Å². The lowest BCUT2D eigenvalue weighted by atomic mass is 10.2. The van der Waals surface area contributed by atoms with Gasteiger partial charge in [-0.25, -0.2) is 4.98 Å². The summed E-state index contributed by atoms with van der Waals surface area (Å²) < 4.78 is 0. The van der Waals surface area contributed by atoms with Crippen LogP contribution in [0.25, 0.3) is 0 Å². The van der Waals surface area contributed by atoms with E-state index in [1.54, 1.807) is 11.3 Å². The van der Waals surface area contributed by atoms with Crippen LogP contribution in [0.2, 0.25) is 5.02 Å². The van der Waals surface area contributed by atoms with Crippen LogP contribution in [0.5, 0.6) is 0 Å². The fraction of sp³-hybridized carbons (Fsp3) is 0.182. The Morgan fingerprint density at radius 2 is 2.00 bits per heavy atom. The molecule has 0 amide bonds. The monoisotopic (exact) mass is 238 g/mol. The van der Waals surface area contributed by atoms with Crippen molar-refractivity contribution in [1.82, 2.24) is 10.3 Å². The first-order valence-corrected chi connectivity index (χ1v) is 5.94. The molecule has 0 atom stereocenters. The van der Waals surface area contributed by atoms with E-state index in [1.165, 1.54) is 5.56 Å². The Labute approximate surface area is 97.9 Å². The number of hydrogen-bond donors (Lipinski definition) is 1. The molecule has 1 aromatic heterocycles. The minimum absolute atomic E-state index is 0.777. The third-order valence-electron chi connectivity index (χ3n) is 2.00. The van der Waals surface area contributed by atoms with E-state index in [-0.39, 0.29) is 0 Å². The van der Waals surface area contributed by atoms with Gasteiger partial charge in [-0.3, -0.25) is 0 Å². The molecule has 0 saturated heterocycles. The van der Waals surface area contributed by atoms with Gasteiger partial charge in [0.15, 0.2) is 0 Å². The molecule has 2 nitrogen and oxygen atoms in total. The number of nitrogens with one attached hydrogen (secondary N) is 1. The van der Waals surface area contributed by atoms with Gasteiger partial charge >= 0.3 is 0 Å². The maximum Gasteiger partial charge on any atom is 0.106 e. The summed E-state index contributed by atoms with van der Waals surface area (Å²) in [6.07, 6.45) is 1.82. The first-order valence-electron chi connectivity index (χ1n) is 4.68. The molecule has 0 saturated carbocycles. The zero-order chi connectivity index (χ0) is 10.5. The first kappa shape index (κ1) is 10.6. The summed E-state index contributed by atoms with van der Waals surface area (Å²) in [6, 6.07) is 7.86. The summed E-state index contributed by atoms with van der Waals surface area (Å²) in [5, 5.41) is 7.21. The molecule has 4 heteroatoms. The predicted molar refractivity (Wildman–Crippen MR) is 64.1 cm³/mol. The van der Waals surface area contributed by atoms with Crippen molar-refractivity contribution in [3.63, 3.8) is 0 Å². The van der Waals surface area contributed by atoms with Crippen molar-refractivity contribution >= 4 is 22.9 Å². The molecule has 0 aliphatic heterocycles. The standard InChI is InChI=1S/C11H11ClN2S/c12-10-3-1-9(2-4-10)7-13-8-11-14-5-6-15-11/h1-6,13H,7-8H2. The van der Waals surface area contributed by atoms with Crippen molar-refractivity contribution in [3.8, 4) is 0 Å². The number of thiazole rings is 1. The number of rotatable bonds is 4. The fourth-order valence-electron chi connectivity index (χ4n) is 1.26. The molecule has 0 radical (unpaired) electrons. The summed E-state index contributed by atoms with van der Waals surface area (Å²) in [4.78, 5) is 4.20. The van der Waals surface area contributed by atoms with Crippen LogP contribution in [-0.4, -0.2) is 4.98 Å². The summed E-state index contributed by atoms with van der Waals surface area (Å²) in [5.41, 5.74) is 1.23. The predicted octanol–water partition coefficient (Wildman–Crippen LogP) is 3.09. The number of halogens is 1. The number of nitrogens with zero attached hydrogens (tertiary/aromatic N) is 1. The van der Waals surface area contributed by atoms with Crippen LogP contribution < -0.4 is 5.32 Å². The van der Waals surface area contributed by atoms with E-state index < -0.39 is 0 Å². The van der Waals surface area contributed by atoms with Crippen molar-refractivity contribution in [2.75, 3.05) is 0 Å². The largest absolute Gasteiger partial charge is 0.306 e. The molecular weight excluding hydrogens is 228 g/mol. The van der Waals surface area contributed by atoms with Gasteiger partial charge in [0.25, 0.3) is 0 Å². The third-order valence-corrected chi connectivity index (χ3v) is 3.03. The Hall–Kier alpha value is -0.900. The Bertz CT molecular complexity index is 397. The van der Waals surface area contributed by atoms with E-state index >= 15 is 0 Å². The smallest absolute Gasteiger partial charge is 0.106 e. The lowest BCUT2D eigenvalue weighted by Gasteiger charge is -2.02. The molecule has 0 spiro atoms. The summed E-state index contributed by atoms with van der Waals surface area (Å²) in [5.74, 6) is 0. The fourth-order valence-corrected chi connectivity index (χ4v) is 1.97. The molecule has 0 fully saturated rings. The zero-order valence-electron chi connectivity index (χ0n) is 8.11. The average molecular weight is 239 g/mol. The normalized spacial score (nSPS) is 10.5. The van der Waals surface area contributed by atoms with Crippen LogP contribution >= 0.6 is 22.9 Å². The highest BCUT2D eigenvalue weighted by Crippen LogP contribution is 2.09. The van der Waals surface area contributed by atoms with E-state index in [2.05, 4.69) is 10.3 Å². The van der Waals surface area contributed by atoms with Gasteiger partial charge in [0, 0.05) is 29.7 Å². The summed E-state index contributed by atoms with van der Waals surface area (Å²) in [6.45, 7) is 1.66. The molecule has 15 heavy (non-hydrogen) atoms. The van der Waals surface area contributed by atoms with Gasteiger partial charge in [0.1, 0.15) is 5.01 Å². The molecule has 1 N–H and O–H groups in total. The molecule has 1 heterocycles. The van der Waals surface area contributed by atoms with Crippen molar-refractivity contribution in [1.29, 1.82) is 0 Å². The van der Waals surface area contributed by atoms with Gasteiger partial charge in [-0.1, -0.05) is 23.7 Å². The van der Waals surface area contributed by atoms with Crippen molar-refractivity contribution in [3.05, 3.63) is 51.4 Å². The van der Waals surface area contributed by atoms with Crippen LogP contribution in [0, 0.1) is 0 Å². The van der Waals surface area contributed by atoms with Gasteiger partial charge in [0.05, 0.1) is 0 Å². The Balaban J connectivity index is 1.81. The Morgan fingerprint density at radius 1 is 1.20 bits per heavy atom. The molecule has 2 aromatic rings. The SMILES string of the molecule is Clc1ccc(CNCc2nccs2)cc1. The van der Waals surface area contributed by atoms with Gasteiger partial charge < -0.3 is 5.32 Å². The third kappa shape index (κ3) is 3.30. The second kappa shape index (κ2) is 5.26. The molecule has 1 aromatic carbocycles. The Kier molecular flexibility index (Phi) is 3.72. The van der Waals surface area contributed by atoms with Gasteiger partial charge in [0.2, 0.25) is 0 Å². The Morgan fingerprint density at radius 3 is 2.67 bits per heavy atom. The topological polar surface area (TPSA) is 24.9 Å². The van der Waals surface area contributed by atoms with Crippen molar-refractivity contribution < 1.29 is 0 Å². The molecular formula is C11H11ClN2S. The average Bonchev–Trinajstić information content (AvgIpc) is 2.74. The second-order valence-corrected chi connectivity index (χ2v) is 4.57. The van der Waals surface area contributed by atoms with E-state index in [0.29, 0.717) is 0 Å². The first-order chi connectivity index (χ1) is 7.34. The molecule has 0 bridgehead atoms. The van der Waals surface area contributed by atoms with Crippen molar-refractivity contribution in [2.45, 2.75) is 13.1 Å². The second-order valence-electron chi connectivity index (χ2n) is 3.16. The number of aromatic nitrogens is 1. The van der Waals surface area contributed by atoms with Crippen molar-refractivity contribution in [2.24, 2.45) is 0 Å². The highest BCUT2D eigenvalue weighted by molar-refractivity contribution is 7.09. The lowest BCUT2D eigenvalue weighted by molar-refractivity contribution is 0.690. The minimum Gasteiger partial charge on any atom is -0.306 e. The maximum absolute atomic E-state index is 5.80. The van der Waals surface area contributed by atoms with E-state index in [1.807, 2.05) is 35.8 Å². The molecule has 78 valence electrons. The van der Waals surface area contributed by atoms with Crippen LogP contribution in [0.15, 0.2) is 35.8 Å². The van der Waals surface area contributed by atoms with Crippen LogP contribution in [-0.2, 0) is 13.1 Å². The van der Waals surface area contributed by atoms with Gasteiger partial charge in [-0.15, -0.1) is 11.3 Å². The zero-order valence-corrected chi connectivity index (χ0v) is 9.68. The van der Waals surface area contributed by atoms with E-state index in [9.17, 15) is 0 Å². The lowest BCUT2D eigenvalue weighted by Crippen LogP contribution is -2.12.